The molecule has 0 spiro atoms. The van der Waals surface area contributed by atoms with Crippen LogP contribution >= 0.6 is 0 Å². The van der Waals surface area contributed by atoms with Crippen LogP contribution in [0.1, 0.15) is 17.0 Å². The minimum atomic E-state index is -0.193. The largest absolute Gasteiger partial charge is 0.207 e. The van der Waals surface area contributed by atoms with Crippen LogP contribution in [0.5, 0.6) is 0 Å². The van der Waals surface area contributed by atoms with Crippen LogP contribution in [0, 0.1) is 12.7 Å². The highest BCUT2D eigenvalue weighted by Gasteiger charge is 2.11. The summed E-state index contributed by atoms with van der Waals surface area (Å²) in [6, 6.07) is 16.5. The first-order valence-electron chi connectivity index (χ1n) is 4.91. The average molecular weight is 199 g/mol. The van der Waals surface area contributed by atoms with E-state index in [2.05, 4.69) is 6.92 Å². The van der Waals surface area contributed by atoms with Crippen molar-refractivity contribution in [3.63, 3.8) is 0 Å². The summed E-state index contributed by atoms with van der Waals surface area (Å²) in [5.74, 6) is -0.339. The third kappa shape index (κ3) is 2.07. The van der Waals surface area contributed by atoms with Crippen molar-refractivity contribution in [3.05, 3.63) is 78.5 Å². The second-order valence-electron chi connectivity index (χ2n) is 3.48. The lowest BCUT2D eigenvalue weighted by atomic mass is 9.93. The van der Waals surface area contributed by atoms with E-state index >= 15 is 0 Å². The lowest BCUT2D eigenvalue weighted by Crippen LogP contribution is -1.98. The maximum absolute atomic E-state index is 13.5. The third-order valence-electron chi connectivity index (χ3n) is 2.48. The normalized spacial score (nSPS) is 12.4. The number of benzene rings is 2. The van der Waals surface area contributed by atoms with Crippen LogP contribution in [0.3, 0.4) is 0 Å². The van der Waals surface area contributed by atoms with E-state index in [1.807, 2.05) is 36.4 Å². The van der Waals surface area contributed by atoms with Crippen molar-refractivity contribution in [2.24, 2.45) is 0 Å². The van der Waals surface area contributed by atoms with Gasteiger partial charge in [0.15, 0.2) is 0 Å². The van der Waals surface area contributed by atoms with Gasteiger partial charge in [-0.25, -0.2) is 4.39 Å². The highest BCUT2D eigenvalue weighted by molar-refractivity contribution is 5.34. The Kier molecular flexibility index (Phi) is 2.82. The van der Waals surface area contributed by atoms with E-state index in [0.29, 0.717) is 5.56 Å². The van der Waals surface area contributed by atoms with Crippen molar-refractivity contribution in [1.82, 2.24) is 0 Å². The highest BCUT2D eigenvalue weighted by Crippen LogP contribution is 2.25. The van der Waals surface area contributed by atoms with E-state index in [1.54, 1.807) is 12.1 Å². The second kappa shape index (κ2) is 4.26. The fraction of sp³-hybridized carbons (Fsp3) is 0.0714. The van der Waals surface area contributed by atoms with E-state index in [0.717, 1.165) is 5.56 Å². The van der Waals surface area contributed by atoms with Crippen LogP contribution in [0.25, 0.3) is 0 Å². The van der Waals surface area contributed by atoms with Crippen molar-refractivity contribution in [3.8, 4) is 0 Å². The SMILES string of the molecule is [CH2]C(c1ccccc1)c1ccccc1F. The van der Waals surface area contributed by atoms with Crippen molar-refractivity contribution in [2.45, 2.75) is 5.92 Å². The van der Waals surface area contributed by atoms with Gasteiger partial charge in [0.05, 0.1) is 0 Å². The molecule has 1 heteroatoms. The smallest absolute Gasteiger partial charge is 0.127 e. The molecule has 0 aromatic heterocycles. The summed E-state index contributed by atoms with van der Waals surface area (Å²) in [4.78, 5) is 0. The molecule has 0 fully saturated rings. The molecule has 1 radical (unpaired) electrons. The van der Waals surface area contributed by atoms with Gasteiger partial charge in [-0.3, -0.25) is 0 Å². The van der Waals surface area contributed by atoms with Crippen molar-refractivity contribution in [2.75, 3.05) is 0 Å². The zero-order chi connectivity index (χ0) is 10.7. The Hall–Kier alpha value is -1.63. The van der Waals surface area contributed by atoms with Gasteiger partial charge in [-0.1, -0.05) is 48.5 Å². The van der Waals surface area contributed by atoms with Gasteiger partial charge in [-0.2, -0.15) is 0 Å². The van der Waals surface area contributed by atoms with Crippen LogP contribution in [0.15, 0.2) is 54.6 Å². The van der Waals surface area contributed by atoms with E-state index < -0.39 is 0 Å². The molecule has 2 aromatic rings. The van der Waals surface area contributed by atoms with Crippen molar-refractivity contribution in [1.29, 1.82) is 0 Å². The minimum Gasteiger partial charge on any atom is -0.207 e. The molecule has 0 aliphatic rings. The summed E-state index contributed by atoms with van der Waals surface area (Å²) >= 11 is 0. The molecule has 1 unspecified atom stereocenters. The zero-order valence-corrected chi connectivity index (χ0v) is 8.36. The Morgan fingerprint density at radius 2 is 1.47 bits per heavy atom. The topological polar surface area (TPSA) is 0 Å². The molecule has 0 bridgehead atoms. The number of rotatable bonds is 2. The van der Waals surface area contributed by atoms with Gasteiger partial charge in [0.1, 0.15) is 5.82 Å². The van der Waals surface area contributed by atoms with Crippen molar-refractivity contribution < 1.29 is 4.39 Å². The van der Waals surface area contributed by atoms with Crippen LogP contribution in [-0.2, 0) is 0 Å². The van der Waals surface area contributed by atoms with Gasteiger partial charge in [-0.05, 0) is 24.1 Å². The molecule has 0 heterocycles. The van der Waals surface area contributed by atoms with Gasteiger partial charge in [-0.15, -0.1) is 0 Å². The monoisotopic (exact) mass is 199 g/mol. The Bertz CT molecular complexity index is 434. The molecule has 0 nitrogen and oxygen atoms in total. The highest BCUT2D eigenvalue weighted by atomic mass is 19.1. The predicted molar refractivity (Wildman–Crippen MR) is 60.0 cm³/mol. The Morgan fingerprint density at radius 3 is 2.13 bits per heavy atom. The lowest BCUT2D eigenvalue weighted by Gasteiger charge is -2.12. The van der Waals surface area contributed by atoms with E-state index in [-0.39, 0.29) is 11.7 Å². The standard InChI is InChI=1S/C14H12F/c1-11(12-7-3-2-4-8-12)13-9-5-6-10-14(13)15/h2-11H,1H2. The Morgan fingerprint density at radius 1 is 0.867 bits per heavy atom. The molecule has 0 aliphatic heterocycles. The summed E-state index contributed by atoms with van der Waals surface area (Å²) in [7, 11) is 0. The first-order valence-corrected chi connectivity index (χ1v) is 4.91. The third-order valence-corrected chi connectivity index (χ3v) is 2.48. The molecule has 0 amide bonds. The van der Waals surface area contributed by atoms with Gasteiger partial charge < -0.3 is 0 Å². The van der Waals surface area contributed by atoms with Crippen LogP contribution in [0.2, 0.25) is 0 Å². The van der Waals surface area contributed by atoms with E-state index in [1.165, 1.54) is 6.07 Å². The lowest BCUT2D eigenvalue weighted by molar-refractivity contribution is 0.608. The average Bonchev–Trinajstić information content (AvgIpc) is 2.30. The molecule has 2 aromatic carbocycles. The summed E-state index contributed by atoms with van der Waals surface area (Å²) in [6.07, 6.45) is 0. The second-order valence-corrected chi connectivity index (χ2v) is 3.48. The maximum Gasteiger partial charge on any atom is 0.127 e. The first kappa shape index (κ1) is 9.91. The fourth-order valence-electron chi connectivity index (χ4n) is 1.62. The van der Waals surface area contributed by atoms with Gasteiger partial charge in [0.2, 0.25) is 0 Å². The van der Waals surface area contributed by atoms with Gasteiger partial charge in [0.25, 0.3) is 0 Å². The molecule has 15 heavy (non-hydrogen) atoms. The molecule has 0 saturated carbocycles. The molecule has 0 aliphatic carbocycles. The zero-order valence-electron chi connectivity index (χ0n) is 8.36. The summed E-state index contributed by atoms with van der Waals surface area (Å²) in [5.41, 5.74) is 1.67. The summed E-state index contributed by atoms with van der Waals surface area (Å²) < 4.78 is 13.5. The van der Waals surface area contributed by atoms with E-state index in [4.69, 9.17) is 0 Å². The number of hydrogen-bond acceptors (Lipinski definition) is 0. The van der Waals surface area contributed by atoms with Gasteiger partial charge in [0, 0.05) is 5.92 Å². The quantitative estimate of drug-likeness (QED) is 0.690. The molecule has 0 saturated heterocycles. The molecule has 1 atom stereocenters. The molecular weight excluding hydrogens is 187 g/mol. The molecular formula is C14H12F. The van der Waals surface area contributed by atoms with Crippen LogP contribution in [0.4, 0.5) is 4.39 Å². The summed E-state index contributed by atoms with van der Waals surface area (Å²) in [5, 5.41) is 0. The van der Waals surface area contributed by atoms with E-state index in [9.17, 15) is 4.39 Å². The Balaban J connectivity index is 2.37. The first-order chi connectivity index (χ1) is 7.29. The minimum absolute atomic E-state index is 0.146. The summed E-state index contributed by atoms with van der Waals surface area (Å²) in [6.45, 7) is 4.00. The van der Waals surface area contributed by atoms with Gasteiger partial charge >= 0.3 is 0 Å². The molecule has 0 N–H and O–H groups in total. The van der Waals surface area contributed by atoms with Crippen LogP contribution < -0.4 is 0 Å². The van der Waals surface area contributed by atoms with Crippen LogP contribution in [-0.4, -0.2) is 0 Å². The molecule has 75 valence electrons. The number of hydrogen-bond donors (Lipinski definition) is 0. The predicted octanol–water partition coefficient (Wildman–Crippen LogP) is 3.79. The van der Waals surface area contributed by atoms with Crippen molar-refractivity contribution >= 4 is 0 Å². The molecule has 2 rings (SSSR count). The Labute approximate surface area is 89.4 Å². The maximum atomic E-state index is 13.5. The fourth-order valence-corrected chi connectivity index (χ4v) is 1.62. The number of halogens is 1.